The summed E-state index contributed by atoms with van der Waals surface area (Å²) >= 11 is 0. The summed E-state index contributed by atoms with van der Waals surface area (Å²) in [6.45, 7) is 0. The van der Waals surface area contributed by atoms with Gasteiger partial charge in [0, 0.05) is 17.8 Å². The summed E-state index contributed by atoms with van der Waals surface area (Å²) < 4.78 is 5.07. The zero-order valence-corrected chi connectivity index (χ0v) is 13.2. The third kappa shape index (κ3) is 5.96. The zero-order valence-electron chi connectivity index (χ0n) is 13.2. The third-order valence-corrected chi connectivity index (χ3v) is 3.46. The van der Waals surface area contributed by atoms with E-state index < -0.39 is 0 Å². The van der Waals surface area contributed by atoms with E-state index in [1.807, 2.05) is 18.2 Å². The number of aryl methyl sites for hydroxylation is 1. The highest BCUT2D eigenvalue weighted by Crippen LogP contribution is 2.14. The average molecular weight is 310 g/mol. The topological polar surface area (TPSA) is 64.3 Å². The van der Waals surface area contributed by atoms with Crippen LogP contribution in [0.2, 0.25) is 0 Å². The molecular weight excluding hydrogens is 288 g/mol. The minimum atomic E-state index is -0.190. The van der Waals surface area contributed by atoms with Gasteiger partial charge in [-0.3, -0.25) is 4.79 Å². The lowest BCUT2D eigenvalue weighted by molar-refractivity contribution is -0.111. The summed E-state index contributed by atoms with van der Waals surface area (Å²) in [5.74, 6) is 0.562. The number of carbonyl (C=O) groups is 1. The molecule has 1 atom stereocenters. The summed E-state index contributed by atoms with van der Waals surface area (Å²) in [5.41, 5.74) is 7.99. The van der Waals surface area contributed by atoms with Crippen LogP contribution < -0.4 is 15.8 Å². The Kier molecular flexibility index (Phi) is 6.39. The Morgan fingerprint density at radius 2 is 1.87 bits per heavy atom. The van der Waals surface area contributed by atoms with Gasteiger partial charge >= 0.3 is 0 Å². The molecule has 4 nitrogen and oxygen atoms in total. The molecule has 0 aliphatic heterocycles. The molecule has 120 valence electrons. The number of nitrogens with two attached hydrogens (primary N) is 1. The van der Waals surface area contributed by atoms with Crippen molar-refractivity contribution in [2.75, 3.05) is 12.4 Å². The second-order valence-electron chi connectivity index (χ2n) is 5.26. The van der Waals surface area contributed by atoms with Crippen molar-refractivity contribution in [3.63, 3.8) is 0 Å². The quantitative estimate of drug-likeness (QED) is 0.772. The molecule has 0 bridgehead atoms. The Bertz CT molecular complexity index is 636. The fourth-order valence-corrected chi connectivity index (χ4v) is 2.14. The van der Waals surface area contributed by atoms with Gasteiger partial charge in [-0.1, -0.05) is 36.4 Å². The number of carbonyl (C=O) groups excluding carboxylic acids is 1. The van der Waals surface area contributed by atoms with Gasteiger partial charge in [-0.2, -0.15) is 0 Å². The third-order valence-electron chi connectivity index (χ3n) is 3.46. The molecule has 2 aromatic carbocycles. The molecule has 0 aromatic heterocycles. The second kappa shape index (κ2) is 8.76. The normalized spacial score (nSPS) is 12.1. The van der Waals surface area contributed by atoms with Crippen molar-refractivity contribution in [3.05, 3.63) is 72.3 Å². The molecule has 3 N–H and O–H groups in total. The van der Waals surface area contributed by atoms with E-state index >= 15 is 0 Å². The first-order valence-electron chi connectivity index (χ1n) is 7.60. The molecule has 0 aliphatic carbocycles. The maximum Gasteiger partial charge on any atom is 0.248 e. The van der Waals surface area contributed by atoms with E-state index in [4.69, 9.17) is 10.5 Å². The summed E-state index contributed by atoms with van der Waals surface area (Å²) in [6, 6.07) is 17.2. The maximum absolute atomic E-state index is 11.9. The van der Waals surface area contributed by atoms with Crippen molar-refractivity contribution in [2.45, 2.75) is 18.9 Å². The van der Waals surface area contributed by atoms with Crippen LogP contribution in [0.15, 0.2) is 66.7 Å². The van der Waals surface area contributed by atoms with E-state index in [0.717, 1.165) is 24.3 Å². The Hall–Kier alpha value is -2.59. The highest BCUT2D eigenvalue weighted by Gasteiger charge is 2.02. The molecular formula is C19H22N2O2. The lowest BCUT2D eigenvalue weighted by Gasteiger charge is -2.07. The molecule has 2 rings (SSSR count). The van der Waals surface area contributed by atoms with Crippen molar-refractivity contribution < 1.29 is 9.53 Å². The molecule has 0 radical (unpaired) electrons. The number of nitrogens with one attached hydrogen (secondary N) is 1. The largest absolute Gasteiger partial charge is 0.497 e. The lowest BCUT2D eigenvalue weighted by Crippen LogP contribution is -2.19. The summed E-state index contributed by atoms with van der Waals surface area (Å²) in [4.78, 5) is 11.9. The first-order valence-corrected chi connectivity index (χ1v) is 7.60. The highest BCUT2D eigenvalue weighted by molar-refractivity contribution is 5.99. The van der Waals surface area contributed by atoms with E-state index in [1.165, 1.54) is 11.6 Å². The predicted molar refractivity (Wildman–Crippen MR) is 93.5 cm³/mol. The molecule has 0 saturated carbocycles. The smallest absolute Gasteiger partial charge is 0.248 e. The Morgan fingerprint density at radius 1 is 1.17 bits per heavy atom. The Morgan fingerprint density at radius 3 is 2.52 bits per heavy atom. The van der Waals surface area contributed by atoms with Crippen molar-refractivity contribution >= 4 is 11.6 Å². The Labute approximate surface area is 137 Å². The van der Waals surface area contributed by atoms with E-state index in [1.54, 1.807) is 37.5 Å². The summed E-state index contributed by atoms with van der Waals surface area (Å²) in [5, 5.41) is 2.79. The highest BCUT2D eigenvalue weighted by atomic mass is 16.5. The molecule has 1 amide bonds. The molecule has 2 aromatic rings. The van der Waals surface area contributed by atoms with Gasteiger partial charge in [-0.05, 0) is 42.7 Å². The molecule has 0 unspecified atom stereocenters. The molecule has 0 saturated heterocycles. The minimum absolute atomic E-state index is 0.142. The van der Waals surface area contributed by atoms with Crippen LogP contribution in [-0.4, -0.2) is 19.1 Å². The molecule has 0 aliphatic rings. The average Bonchev–Trinajstić information content (AvgIpc) is 2.60. The number of benzene rings is 2. The second-order valence-corrected chi connectivity index (χ2v) is 5.26. The monoisotopic (exact) mass is 310 g/mol. The first-order chi connectivity index (χ1) is 11.2. The van der Waals surface area contributed by atoms with Crippen LogP contribution in [0.4, 0.5) is 5.69 Å². The lowest BCUT2D eigenvalue weighted by atomic mass is 10.1. The van der Waals surface area contributed by atoms with Crippen LogP contribution in [0.1, 0.15) is 12.0 Å². The maximum atomic E-state index is 11.9. The van der Waals surface area contributed by atoms with E-state index in [-0.39, 0.29) is 11.9 Å². The van der Waals surface area contributed by atoms with Gasteiger partial charge in [-0.15, -0.1) is 0 Å². The van der Waals surface area contributed by atoms with Gasteiger partial charge in [-0.25, -0.2) is 0 Å². The summed E-state index contributed by atoms with van der Waals surface area (Å²) in [7, 11) is 1.60. The van der Waals surface area contributed by atoms with Crippen molar-refractivity contribution in [2.24, 2.45) is 5.73 Å². The number of amides is 1. The van der Waals surface area contributed by atoms with Gasteiger partial charge in [0.05, 0.1) is 7.11 Å². The van der Waals surface area contributed by atoms with Crippen LogP contribution >= 0.6 is 0 Å². The Balaban J connectivity index is 1.77. The van der Waals surface area contributed by atoms with Crippen molar-refractivity contribution in [3.8, 4) is 5.75 Å². The molecule has 0 heterocycles. The standard InChI is InChI=1S/C19H22N2O2/c1-23-18-12-10-17(11-13-18)21-19(22)14-9-16(20)8-7-15-5-3-2-4-6-15/h2-6,9-14,16H,7-8,20H2,1H3,(H,21,22)/t16-/m0/s1. The van der Waals surface area contributed by atoms with Gasteiger partial charge in [0.15, 0.2) is 0 Å². The minimum Gasteiger partial charge on any atom is -0.497 e. The first kappa shape index (κ1) is 16.8. The number of rotatable bonds is 7. The fourth-order valence-electron chi connectivity index (χ4n) is 2.14. The number of ether oxygens (including phenoxy) is 1. The van der Waals surface area contributed by atoms with Gasteiger partial charge in [0.1, 0.15) is 5.75 Å². The molecule has 4 heteroatoms. The number of hydrogen-bond acceptors (Lipinski definition) is 3. The van der Waals surface area contributed by atoms with Crippen LogP contribution in [0.25, 0.3) is 0 Å². The van der Waals surface area contributed by atoms with Crippen LogP contribution in [0.3, 0.4) is 0 Å². The van der Waals surface area contributed by atoms with E-state index in [9.17, 15) is 4.79 Å². The van der Waals surface area contributed by atoms with Crippen molar-refractivity contribution in [1.29, 1.82) is 0 Å². The van der Waals surface area contributed by atoms with Gasteiger partial charge < -0.3 is 15.8 Å². The van der Waals surface area contributed by atoms with Crippen LogP contribution in [-0.2, 0) is 11.2 Å². The van der Waals surface area contributed by atoms with E-state index in [2.05, 4.69) is 17.4 Å². The van der Waals surface area contributed by atoms with E-state index in [0.29, 0.717) is 0 Å². The van der Waals surface area contributed by atoms with Gasteiger partial charge in [0.2, 0.25) is 5.91 Å². The zero-order chi connectivity index (χ0) is 16.5. The molecule has 0 fully saturated rings. The SMILES string of the molecule is COc1ccc(NC(=O)C=C[C@@H](N)CCc2ccccc2)cc1. The number of methoxy groups -OCH3 is 1. The van der Waals surface area contributed by atoms with Gasteiger partial charge in [0.25, 0.3) is 0 Å². The fraction of sp³-hybridized carbons (Fsp3) is 0.211. The number of hydrogen-bond donors (Lipinski definition) is 2. The molecule has 23 heavy (non-hydrogen) atoms. The summed E-state index contributed by atoms with van der Waals surface area (Å²) in [6.07, 6.45) is 4.92. The van der Waals surface area contributed by atoms with Crippen molar-refractivity contribution in [1.82, 2.24) is 0 Å². The number of anilines is 1. The predicted octanol–water partition coefficient (Wildman–Crippen LogP) is 3.15. The molecule has 0 spiro atoms. The van der Waals surface area contributed by atoms with Crippen LogP contribution in [0, 0.1) is 0 Å². The van der Waals surface area contributed by atoms with Crippen LogP contribution in [0.5, 0.6) is 5.75 Å².